The van der Waals surface area contributed by atoms with Gasteiger partial charge in [-0.1, -0.05) is 38.5 Å². The minimum Gasteiger partial charge on any atom is -0.392 e. The zero-order chi connectivity index (χ0) is 11.2. The van der Waals surface area contributed by atoms with E-state index in [4.69, 9.17) is 0 Å². The van der Waals surface area contributed by atoms with E-state index in [1.807, 2.05) is 0 Å². The van der Waals surface area contributed by atoms with Crippen molar-refractivity contribution in [1.82, 2.24) is 5.32 Å². The standard InChI is InChI=1S/C14H27NO/c16-14(10-13-4-1-2-5-13)11-15-9-3-6-12-7-8-12/h12-16H,1-11H2. The van der Waals surface area contributed by atoms with Gasteiger partial charge in [-0.05, 0) is 37.6 Å². The van der Waals surface area contributed by atoms with Gasteiger partial charge >= 0.3 is 0 Å². The molecule has 0 heterocycles. The molecule has 2 aliphatic rings. The highest BCUT2D eigenvalue weighted by Crippen LogP contribution is 2.33. The number of aliphatic hydroxyl groups excluding tert-OH is 1. The molecule has 1 unspecified atom stereocenters. The summed E-state index contributed by atoms with van der Waals surface area (Å²) in [5.74, 6) is 1.86. The topological polar surface area (TPSA) is 32.3 Å². The van der Waals surface area contributed by atoms with Crippen molar-refractivity contribution in [3.63, 3.8) is 0 Å². The molecule has 0 aliphatic heterocycles. The smallest absolute Gasteiger partial charge is 0.0667 e. The lowest BCUT2D eigenvalue weighted by Crippen LogP contribution is -2.29. The van der Waals surface area contributed by atoms with Crippen molar-refractivity contribution in [3.8, 4) is 0 Å². The van der Waals surface area contributed by atoms with E-state index in [1.54, 1.807) is 0 Å². The Morgan fingerprint density at radius 2 is 1.81 bits per heavy atom. The van der Waals surface area contributed by atoms with Gasteiger partial charge in [0.2, 0.25) is 0 Å². The van der Waals surface area contributed by atoms with E-state index < -0.39 is 0 Å². The monoisotopic (exact) mass is 225 g/mol. The van der Waals surface area contributed by atoms with Crippen LogP contribution in [0.4, 0.5) is 0 Å². The van der Waals surface area contributed by atoms with Crippen LogP contribution in [0.3, 0.4) is 0 Å². The van der Waals surface area contributed by atoms with Gasteiger partial charge in [-0.2, -0.15) is 0 Å². The molecule has 94 valence electrons. The second kappa shape index (κ2) is 6.61. The largest absolute Gasteiger partial charge is 0.392 e. The maximum Gasteiger partial charge on any atom is 0.0667 e. The summed E-state index contributed by atoms with van der Waals surface area (Å²) in [5, 5.41) is 13.3. The molecule has 0 saturated heterocycles. The summed E-state index contributed by atoms with van der Waals surface area (Å²) in [6.07, 6.45) is 12.0. The first-order chi connectivity index (χ1) is 7.84. The van der Waals surface area contributed by atoms with E-state index in [1.165, 1.54) is 51.4 Å². The molecule has 2 fully saturated rings. The molecule has 0 amide bonds. The highest BCUT2D eigenvalue weighted by atomic mass is 16.3. The van der Waals surface area contributed by atoms with Crippen molar-refractivity contribution >= 4 is 0 Å². The summed E-state index contributed by atoms with van der Waals surface area (Å²) >= 11 is 0. The number of nitrogens with one attached hydrogen (secondary N) is 1. The zero-order valence-electron chi connectivity index (χ0n) is 10.5. The van der Waals surface area contributed by atoms with E-state index in [0.29, 0.717) is 0 Å². The lowest BCUT2D eigenvalue weighted by atomic mass is 10.00. The van der Waals surface area contributed by atoms with Gasteiger partial charge in [-0.3, -0.25) is 0 Å². The Hall–Kier alpha value is -0.0800. The molecule has 0 radical (unpaired) electrons. The zero-order valence-corrected chi connectivity index (χ0v) is 10.5. The Morgan fingerprint density at radius 1 is 1.06 bits per heavy atom. The average molecular weight is 225 g/mol. The van der Waals surface area contributed by atoms with Gasteiger partial charge in [0.15, 0.2) is 0 Å². The maximum absolute atomic E-state index is 9.87. The first-order valence-electron chi connectivity index (χ1n) is 7.23. The Kier molecular flexibility index (Phi) is 5.11. The number of hydrogen-bond acceptors (Lipinski definition) is 2. The van der Waals surface area contributed by atoms with Crippen molar-refractivity contribution in [3.05, 3.63) is 0 Å². The number of rotatable bonds is 8. The second-order valence-electron chi connectivity index (χ2n) is 5.83. The van der Waals surface area contributed by atoms with Crippen LogP contribution in [0.25, 0.3) is 0 Å². The quantitative estimate of drug-likeness (QED) is 0.623. The van der Waals surface area contributed by atoms with Crippen LogP contribution in [0.5, 0.6) is 0 Å². The fraction of sp³-hybridized carbons (Fsp3) is 1.00. The third-order valence-corrected chi connectivity index (χ3v) is 4.12. The molecule has 0 aromatic carbocycles. The van der Waals surface area contributed by atoms with Crippen molar-refractivity contribution in [2.24, 2.45) is 11.8 Å². The van der Waals surface area contributed by atoms with Crippen LogP contribution in [0.15, 0.2) is 0 Å². The van der Waals surface area contributed by atoms with Crippen molar-refractivity contribution in [2.75, 3.05) is 13.1 Å². The fourth-order valence-electron chi connectivity index (χ4n) is 2.91. The SMILES string of the molecule is OC(CNCCCC1CC1)CC1CCCC1. The highest BCUT2D eigenvalue weighted by molar-refractivity contribution is 4.74. The van der Waals surface area contributed by atoms with Crippen LogP contribution in [0, 0.1) is 11.8 Å². The molecule has 0 aromatic heterocycles. The average Bonchev–Trinajstić information content (AvgIpc) is 2.95. The van der Waals surface area contributed by atoms with Crippen LogP contribution in [0.2, 0.25) is 0 Å². The Balaban J connectivity index is 1.41. The van der Waals surface area contributed by atoms with E-state index in [9.17, 15) is 5.11 Å². The predicted molar refractivity (Wildman–Crippen MR) is 67.4 cm³/mol. The van der Waals surface area contributed by atoms with Gasteiger partial charge in [0.05, 0.1) is 6.10 Å². The van der Waals surface area contributed by atoms with Crippen LogP contribution < -0.4 is 5.32 Å². The Bertz CT molecular complexity index is 185. The van der Waals surface area contributed by atoms with E-state index in [0.717, 1.165) is 31.3 Å². The first kappa shape index (κ1) is 12.4. The Morgan fingerprint density at radius 3 is 2.50 bits per heavy atom. The molecule has 0 bridgehead atoms. The van der Waals surface area contributed by atoms with E-state index >= 15 is 0 Å². The number of aliphatic hydroxyl groups is 1. The van der Waals surface area contributed by atoms with Crippen LogP contribution >= 0.6 is 0 Å². The minimum absolute atomic E-state index is 0.107. The van der Waals surface area contributed by atoms with Crippen LogP contribution in [-0.2, 0) is 0 Å². The lowest BCUT2D eigenvalue weighted by Gasteiger charge is -2.15. The molecule has 2 aliphatic carbocycles. The van der Waals surface area contributed by atoms with Gasteiger partial charge in [0.1, 0.15) is 0 Å². The van der Waals surface area contributed by atoms with Gasteiger partial charge in [-0.15, -0.1) is 0 Å². The summed E-state index contributed by atoms with van der Waals surface area (Å²) in [6, 6.07) is 0. The first-order valence-corrected chi connectivity index (χ1v) is 7.23. The fourth-order valence-corrected chi connectivity index (χ4v) is 2.91. The third kappa shape index (κ3) is 4.84. The number of hydrogen-bond donors (Lipinski definition) is 2. The van der Waals surface area contributed by atoms with Crippen LogP contribution in [0.1, 0.15) is 57.8 Å². The molecule has 1 atom stereocenters. The van der Waals surface area contributed by atoms with Crippen LogP contribution in [-0.4, -0.2) is 24.3 Å². The Labute approximate surface area is 99.8 Å². The molecule has 16 heavy (non-hydrogen) atoms. The van der Waals surface area contributed by atoms with Gasteiger partial charge < -0.3 is 10.4 Å². The molecular weight excluding hydrogens is 198 g/mol. The van der Waals surface area contributed by atoms with Gasteiger partial charge in [0, 0.05) is 6.54 Å². The van der Waals surface area contributed by atoms with E-state index in [2.05, 4.69) is 5.32 Å². The molecule has 0 spiro atoms. The van der Waals surface area contributed by atoms with Crippen molar-refractivity contribution in [1.29, 1.82) is 0 Å². The predicted octanol–water partition coefficient (Wildman–Crippen LogP) is 2.71. The highest BCUT2D eigenvalue weighted by Gasteiger charge is 2.20. The summed E-state index contributed by atoms with van der Waals surface area (Å²) in [5.41, 5.74) is 0. The molecule has 0 aromatic rings. The van der Waals surface area contributed by atoms with Gasteiger partial charge in [0.25, 0.3) is 0 Å². The van der Waals surface area contributed by atoms with Crippen molar-refractivity contribution < 1.29 is 5.11 Å². The summed E-state index contributed by atoms with van der Waals surface area (Å²) in [4.78, 5) is 0. The minimum atomic E-state index is -0.107. The molecule has 2 heteroatoms. The third-order valence-electron chi connectivity index (χ3n) is 4.12. The normalized spacial score (nSPS) is 23.8. The molecule has 2 saturated carbocycles. The van der Waals surface area contributed by atoms with E-state index in [-0.39, 0.29) is 6.10 Å². The molecule has 2 N–H and O–H groups in total. The molecular formula is C14H27NO. The molecule has 2 rings (SSSR count). The summed E-state index contributed by atoms with van der Waals surface area (Å²) < 4.78 is 0. The van der Waals surface area contributed by atoms with Gasteiger partial charge in [-0.25, -0.2) is 0 Å². The molecule has 2 nitrogen and oxygen atoms in total. The summed E-state index contributed by atoms with van der Waals surface area (Å²) in [6.45, 7) is 1.90. The van der Waals surface area contributed by atoms with Crippen molar-refractivity contribution in [2.45, 2.75) is 63.9 Å². The lowest BCUT2D eigenvalue weighted by molar-refractivity contribution is 0.141. The second-order valence-corrected chi connectivity index (χ2v) is 5.83. The maximum atomic E-state index is 9.87. The summed E-state index contributed by atoms with van der Waals surface area (Å²) in [7, 11) is 0.